The lowest BCUT2D eigenvalue weighted by Gasteiger charge is -2.11. The number of carbonyl (C=O) groups excluding carboxylic acids is 1. The van der Waals surface area contributed by atoms with Crippen LogP contribution >= 0.6 is 0 Å². The van der Waals surface area contributed by atoms with Crippen LogP contribution in [0.4, 0.5) is 0 Å². The Balaban J connectivity index is 1.26. The van der Waals surface area contributed by atoms with E-state index in [0.717, 1.165) is 43.7 Å². The van der Waals surface area contributed by atoms with Crippen LogP contribution in [0.3, 0.4) is 0 Å². The highest BCUT2D eigenvalue weighted by Crippen LogP contribution is 2.31. The van der Waals surface area contributed by atoms with Crippen molar-refractivity contribution in [2.45, 2.75) is 50.1 Å². The molecule has 0 atom stereocenters. The van der Waals surface area contributed by atoms with Gasteiger partial charge >= 0.3 is 0 Å². The predicted molar refractivity (Wildman–Crippen MR) is 109 cm³/mol. The van der Waals surface area contributed by atoms with E-state index >= 15 is 0 Å². The number of carbonyl (C=O) groups is 1. The van der Waals surface area contributed by atoms with Gasteiger partial charge in [0.25, 0.3) is 0 Å². The second kappa shape index (κ2) is 9.05. The molecule has 2 aliphatic heterocycles. The highest BCUT2D eigenvalue weighted by Gasteiger charge is 2.19. The van der Waals surface area contributed by atoms with Crippen LogP contribution in [0.5, 0.6) is 11.5 Å². The normalized spacial score (nSPS) is 15.9. The molecule has 0 bridgehead atoms. The number of benzene rings is 1. The average Bonchev–Trinajstić information content (AvgIpc) is 3.00. The molecule has 1 aromatic heterocycles. The summed E-state index contributed by atoms with van der Waals surface area (Å²) in [6, 6.07) is 4.51. The molecular weight excluding hydrogens is 408 g/mol. The van der Waals surface area contributed by atoms with E-state index in [1.54, 1.807) is 6.07 Å². The number of imidazole rings is 1. The molecule has 2 aliphatic rings. The second-order valence-corrected chi connectivity index (χ2v) is 9.15. The van der Waals surface area contributed by atoms with Gasteiger partial charge in [-0.25, -0.2) is 18.1 Å². The molecule has 0 aliphatic carbocycles. The Morgan fingerprint density at radius 2 is 1.97 bits per heavy atom. The summed E-state index contributed by atoms with van der Waals surface area (Å²) in [4.78, 5) is 16.7. The topological polar surface area (TPSA) is 112 Å². The minimum absolute atomic E-state index is 0.00228. The van der Waals surface area contributed by atoms with E-state index in [1.807, 2.05) is 6.20 Å². The molecule has 162 valence electrons. The lowest BCUT2D eigenvalue weighted by Crippen LogP contribution is -2.30. The van der Waals surface area contributed by atoms with E-state index in [0.29, 0.717) is 31.3 Å². The van der Waals surface area contributed by atoms with E-state index < -0.39 is 10.0 Å². The third kappa shape index (κ3) is 4.93. The summed E-state index contributed by atoms with van der Waals surface area (Å²) in [6.07, 6.45) is 6.02. The van der Waals surface area contributed by atoms with Crippen LogP contribution in [0.1, 0.15) is 37.2 Å². The second-order valence-electron chi connectivity index (χ2n) is 7.38. The van der Waals surface area contributed by atoms with Crippen LogP contribution < -0.4 is 19.5 Å². The van der Waals surface area contributed by atoms with Crippen molar-refractivity contribution in [2.24, 2.45) is 0 Å². The molecule has 30 heavy (non-hydrogen) atoms. The molecule has 10 heteroatoms. The first-order valence-corrected chi connectivity index (χ1v) is 11.7. The SMILES string of the molecule is O=C(CCNS(=O)(=O)c1ccc2c(c1)OCCCO2)NCc1cn2c(n1)CCCC2. The van der Waals surface area contributed by atoms with Gasteiger partial charge in [-0.3, -0.25) is 4.79 Å². The van der Waals surface area contributed by atoms with Gasteiger partial charge in [-0.05, 0) is 25.0 Å². The average molecular weight is 435 g/mol. The maximum atomic E-state index is 12.5. The third-order valence-corrected chi connectivity index (χ3v) is 6.56. The first-order chi connectivity index (χ1) is 14.5. The largest absolute Gasteiger partial charge is 0.490 e. The van der Waals surface area contributed by atoms with Crippen molar-refractivity contribution in [3.05, 3.63) is 35.9 Å². The molecule has 2 N–H and O–H groups in total. The number of nitrogens with one attached hydrogen (secondary N) is 2. The number of fused-ring (bicyclic) bond motifs is 2. The van der Waals surface area contributed by atoms with Crippen molar-refractivity contribution in [1.82, 2.24) is 19.6 Å². The summed E-state index contributed by atoms with van der Waals surface area (Å²) in [7, 11) is -3.75. The summed E-state index contributed by atoms with van der Waals surface area (Å²) in [5, 5.41) is 2.80. The fourth-order valence-corrected chi connectivity index (χ4v) is 4.57. The van der Waals surface area contributed by atoms with E-state index in [-0.39, 0.29) is 23.8 Å². The van der Waals surface area contributed by atoms with Gasteiger partial charge < -0.3 is 19.4 Å². The summed E-state index contributed by atoms with van der Waals surface area (Å²) in [5.41, 5.74) is 0.827. The number of hydrogen-bond acceptors (Lipinski definition) is 6. The monoisotopic (exact) mass is 434 g/mol. The zero-order valence-corrected chi connectivity index (χ0v) is 17.5. The number of aryl methyl sites for hydroxylation is 2. The molecule has 0 radical (unpaired) electrons. The predicted octanol–water partition coefficient (Wildman–Crippen LogP) is 1.37. The lowest BCUT2D eigenvalue weighted by atomic mass is 10.2. The minimum atomic E-state index is -3.75. The lowest BCUT2D eigenvalue weighted by molar-refractivity contribution is -0.121. The van der Waals surface area contributed by atoms with Crippen molar-refractivity contribution in [1.29, 1.82) is 0 Å². The van der Waals surface area contributed by atoms with Gasteiger partial charge in [0, 0.05) is 44.6 Å². The zero-order chi connectivity index (χ0) is 21.0. The minimum Gasteiger partial charge on any atom is -0.490 e. The maximum Gasteiger partial charge on any atom is 0.240 e. The summed E-state index contributed by atoms with van der Waals surface area (Å²) >= 11 is 0. The van der Waals surface area contributed by atoms with Crippen molar-refractivity contribution < 1.29 is 22.7 Å². The number of sulfonamides is 1. The van der Waals surface area contributed by atoms with Crippen LogP contribution in [-0.2, 0) is 34.3 Å². The Bertz CT molecular complexity index is 995. The van der Waals surface area contributed by atoms with Crippen LogP contribution in [0.15, 0.2) is 29.3 Å². The first kappa shape index (κ1) is 20.7. The highest BCUT2D eigenvalue weighted by atomic mass is 32.2. The quantitative estimate of drug-likeness (QED) is 0.681. The van der Waals surface area contributed by atoms with Gasteiger partial charge in [-0.2, -0.15) is 0 Å². The molecule has 0 unspecified atom stereocenters. The Morgan fingerprint density at radius 1 is 1.13 bits per heavy atom. The number of aromatic nitrogens is 2. The van der Waals surface area contributed by atoms with Crippen LogP contribution in [0, 0.1) is 0 Å². The molecule has 0 saturated heterocycles. The highest BCUT2D eigenvalue weighted by molar-refractivity contribution is 7.89. The van der Waals surface area contributed by atoms with E-state index in [4.69, 9.17) is 9.47 Å². The third-order valence-electron chi connectivity index (χ3n) is 5.10. The fourth-order valence-electron chi connectivity index (χ4n) is 3.53. The number of ether oxygens (including phenoxy) is 2. The standard InChI is InChI=1S/C20H26N4O5S/c25-20(21-13-15-14-24-9-2-1-4-19(24)23-15)7-8-22-30(26,27)16-5-6-17-18(12-16)29-11-3-10-28-17/h5-6,12,14,22H,1-4,7-11,13H2,(H,21,25). The van der Waals surface area contributed by atoms with Crippen molar-refractivity contribution in [2.75, 3.05) is 19.8 Å². The Morgan fingerprint density at radius 3 is 2.80 bits per heavy atom. The van der Waals surface area contributed by atoms with Crippen molar-refractivity contribution in [3.63, 3.8) is 0 Å². The summed E-state index contributed by atoms with van der Waals surface area (Å²) in [6.45, 7) is 2.33. The van der Waals surface area contributed by atoms with Crippen molar-refractivity contribution in [3.8, 4) is 11.5 Å². The Kier molecular flexibility index (Phi) is 6.24. The molecule has 1 amide bonds. The van der Waals surface area contributed by atoms with Gasteiger partial charge in [-0.15, -0.1) is 0 Å². The molecule has 1 aromatic carbocycles. The molecule has 9 nitrogen and oxygen atoms in total. The molecule has 2 aromatic rings. The van der Waals surface area contributed by atoms with Gasteiger partial charge in [0.15, 0.2) is 11.5 Å². The number of amides is 1. The van der Waals surface area contributed by atoms with Gasteiger partial charge in [0.05, 0.1) is 30.3 Å². The van der Waals surface area contributed by atoms with Gasteiger partial charge in [0.2, 0.25) is 15.9 Å². The number of nitrogens with zero attached hydrogens (tertiary/aromatic N) is 2. The van der Waals surface area contributed by atoms with E-state index in [1.165, 1.54) is 12.1 Å². The van der Waals surface area contributed by atoms with Gasteiger partial charge in [-0.1, -0.05) is 0 Å². The fraction of sp³-hybridized carbons (Fsp3) is 0.500. The molecule has 4 rings (SSSR count). The molecule has 0 fully saturated rings. The Hall–Kier alpha value is -2.59. The van der Waals surface area contributed by atoms with Crippen LogP contribution in [-0.4, -0.2) is 43.6 Å². The summed E-state index contributed by atoms with van der Waals surface area (Å²) in [5.74, 6) is 1.78. The molecule has 3 heterocycles. The summed E-state index contributed by atoms with van der Waals surface area (Å²) < 4.78 is 40.7. The molecule has 0 saturated carbocycles. The van der Waals surface area contributed by atoms with Crippen LogP contribution in [0.25, 0.3) is 0 Å². The molecule has 0 spiro atoms. The maximum absolute atomic E-state index is 12.5. The number of rotatable bonds is 7. The smallest absolute Gasteiger partial charge is 0.240 e. The molecular formula is C20H26N4O5S. The Labute approximate surface area is 175 Å². The van der Waals surface area contributed by atoms with E-state index in [9.17, 15) is 13.2 Å². The van der Waals surface area contributed by atoms with Gasteiger partial charge in [0.1, 0.15) is 5.82 Å². The van der Waals surface area contributed by atoms with Crippen molar-refractivity contribution >= 4 is 15.9 Å². The first-order valence-electron chi connectivity index (χ1n) is 10.2. The van der Waals surface area contributed by atoms with Crippen LogP contribution in [0.2, 0.25) is 0 Å². The number of hydrogen-bond donors (Lipinski definition) is 2. The van der Waals surface area contributed by atoms with E-state index in [2.05, 4.69) is 19.6 Å². The zero-order valence-electron chi connectivity index (χ0n) is 16.7.